The Morgan fingerprint density at radius 1 is 0.962 bits per heavy atom. The third-order valence-corrected chi connectivity index (χ3v) is 5.56. The highest BCUT2D eigenvalue weighted by Crippen LogP contribution is 2.30. The molecule has 26 heavy (non-hydrogen) atoms. The minimum atomic E-state index is -3.81. The number of phenols is 1. The second-order valence-electron chi connectivity index (χ2n) is 5.72. The molecule has 0 saturated heterocycles. The summed E-state index contributed by atoms with van der Waals surface area (Å²) in [6.45, 7) is 1.91. The SMILES string of the molecule is C#Cc1cc(C)cc(Oc2ccc(S(=O)(=O)c3ccccc3O)cc2)c1. The van der Waals surface area contributed by atoms with Crippen LogP contribution in [0.5, 0.6) is 17.2 Å². The van der Waals surface area contributed by atoms with E-state index in [-0.39, 0.29) is 15.5 Å². The Morgan fingerprint density at radius 2 is 1.65 bits per heavy atom. The number of para-hydroxylation sites is 1. The molecule has 4 nitrogen and oxygen atoms in total. The van der Waals surface area contributed by atoms with E-state index in [0.29, 0.717) is 17.1 Å². The van der Waals surface area contributed by atoms with E-state index < -0.39 is 9.84 Å². The molecule has 5 heteroatoms. The number of aryl methyl sites for hydroxylation is 1. The number of terminal acetylenes is 1. The lowest BCUT2D eigenvalue weighted by Crippen LogP contribution is -2.02. The zero-order valence-corrected chi connectivity index (χ0v) is 14.8. The van der Waals surface area contributed by atoms with Crippen LogP contribution in [0.1, 0.15) is 11.1 Å². The fourth-order valence-electron chi connectivity index (χ4n) is 2.52. The fourth-order valence-corrected chi connectivity index (χ4v) is 3.87. The first-order chi connectivity index (χ1) is 12.4. The van der Waals surface area contributed by atoms with Crippen molar-refractivity contribution >= 4 is 9.84 Å². The molecular formula is C21H16O4S. The van der Waals surface area contributed by atoms with Crippen molar-refractivity contribution < 1.29 is 18.3 Å². The van der Waals surface area contributed by atoms with Crippen LogP contribution in [-0.2, 0) is 9.84 Å². The van der Waals surface area contributed by atoms with E-state index >= 15 is 0 Å². The molecule has 0 aromatic heterocycles. The molecule has 3 aromatic carbocycles. The largest absolute Gasteiger partial charge is 0.507 e. The van der Waals surface area contributed by atoms with Crippen LogP contribution in [0.3, 0.4) is 0 Å². The molecule has 0 aliphatic heterocycles. The Hall–Kier alpha value is -3.23. The maximum Gasteiger partial charge on any atom is 0.210 e. The van der Waals surface area contributed by atoms with E-state index in [1.165, 1.54) is 24.3 Å². The molecule has 0 saturated carbocycles. The zero-order chi connectivity index (χ0) is 18.7. The number of hydrogen-bond acceptors (Lipinski definition) is 4. The average molecular weight is 364 g/mol. The van der Waals surface area contributed by atoms with Crippen LogP contribution in [0.2, 0.25) is 0 Å². The third-order valence-electron chi connectivity index (χ3n) is 3.74. The van der Waals surface area contributed by atoms with Gasteiger partial charge in [-0.05, 0) is 67.1 Å². The number of hydrogen-bond donors (Lipinski definition) is 1. The highest BCUT2D eigenvalue weighted by atomic mass is 32.2. The molecule has 0 fully saturated rings. The van der Waals surface area contributed by atoms with E-state index in [1.807, 2.05) is 19.1 Å². The second-order valence-corrected chi connectivity index (χ2v) is 7.64. The minimum Gasteiger partial charge on any atom is -0.507 e. The Balaban J connectivity index is 1.89. The number of ether oxygens (including phenoxy) is 1. The highest BCUT2D eigenvalue weighted by Gasteiger charge is 2.21. The summed E-state index contributed by atoms with van der Waals surface area (Å²) in [4.78, 5) is -0.0640. The van der Waals surface area contributed by atoms with Crippen LogP contribution in [0.4, 0.5) is 0 Å². The van der Waals surface area contributed by atoms with E-state index in [9.17, 15) is 13.5 Å². The molecule has 0 aliphatic rings. The molecule has 0 amide bonds. The van der Waals surface area contributed by atoms with Gasteiger partial charge < -0.3 is 9.84 Å². The van der Waals surface area contributed by atoms with Crippen molar-refractivity contribution in [3.05, 3.63) is 77.9 Å². The smallest absolute Gasteiger partial charge is 0.210 e. The van der Waals surface area contributed by atoms with E-state index in [1.54, 1.807) is 30.3 Å². The van der Waals surface area contributed by atoms with Crippen molar-refractivity contribution in [3.8, 4) is 29.6 Å². The monoisotopic (exact) mass is 364 g/mol. The zero-order valence-electron chi connectivity index (χ0n) is 14.0. The molecule has 130 valence electrons. The molecule has 0 atom stereocenters. The minimum absolute atomic E-state index is 0.0694. The summed E-state index contributed by atoms with van der Waals surface area (Å²) in [5.41, 5.74) is 1.67. The van der Waals surface area contributed by atoms with Crippen molar-refractivity contribution in [2.75, 3.05) is 0 Å². The molecule has 1 N–H and O–H groups in total. The lowest BCUT2D eigenvalue weighted by Gasteiger charge is -2.09. The third kappa shape index (κ3) is 3.56. The predicted molar refractivity (Wildman–Crippen MR) is 99.2 cm³/mol. The Bertz CT molecular complexity index is 1090. The number of rotatable bonds is 4. The normalized spacial score (nSPS) is 10.9. The van der Waals surface area contributed by atoms with Gasteiger partial charge in [-0.2, -0.15) is 0 Å². The van der Waals surface area contributed by atoms with Gasteiger partial charge in [0.15, 0.2) is 0 Å². The number of phenolic OH excluding ortho intramolecular Hbond substituents is 1. The van der Waals surface area contributed by atoms with Gasteiger partial charge in [-0.15, -0.1) is 6.42 Å². The van der Waals surface area contributed by atoms with Gasteiger partial charge in [-0.25, -0.2) is 8.42 Å². The van der Waals surface area contributed by atoms with Crippen LogP contribution in [0.25, 0.3) is 0 Å². The van der Waals surface area contributed by atoms with Crippen molar-refractivity contribution in [2.45, 2.75) is 16.7 Å². The Kier molecular flexibility index (Phi) is 4.70. The summed E-state index contributed by atoms with van der Waals surface area (Å²) in [5.74, 6) is 3.34. The van der Waals surface area contributed by atoms with Crippen molar-refractivity contribution in [1.29, 1.82) is 0 Å². The van der Waals surface area contributed by atoms with E-state index in [2.05, 4.69) is 5.92 Å². The molecule has 3 aromatic rings. The highest BCUT2D eigenvalue weighted by molar-refractivity contribution is 7.91. The molecule has 0 bridgehead atoms. The lowest BCUT2D eigenvalue weighted by atomic mass is 10.1. The van der Waals surface area contributed by atoms with Gasteiger partial charge in [0.1, 0.15) is 22.1 Å². The first kappa shape index (κ1) is 17.6. The molecule has 0 aliphatic carbocycles. The maximum atomic E-state index is 12.6. The van der Waals surface area contributed by atoms with Crippen LogP contribution >= 0.6 is 0 Å². The van der Waals surface area contributed by atoms with Crippen molar-refractivity contribution in [2.24, 2.45) is 0 Å². The quantitative estimate of drug-likeness (QED) is 0.701. The number of sulfone groups is 1. The van der Waals surface area contributed by atoms with E-state index in [0.717, 1.165) is 5.56 Å². The summed E-state index contributed by atoms with van der Waals surface area (Å²) in [5, 5.41) is 9.81. The van der Waals surface area contributed by atoms with Gasteiger partial charge in [0, 0.05) is 5.56 Å². The van der Waals surface area contributed by atoms with Gasteiger partial charge in [-0.1, -0.05) is 18.1 Å². The summed E-state index contributed by atoms with van der Waals surface area (Å²) >= 11 is 0. The van der Waals surface area contributed by atoms with Gasteiger partial charge >= 0.3 is 0 Å². The van der Waals surface area contributed by atoms with Crippen LogP contribution in [0, 0.1) is 19.3 Å². The number of benzene rings is 3. The summed E-state index contributed by atoms with van der Waals surface area (Å²) < 4.78 is 31.0. The topological polar surface area (TPSA) is 63.6 Å². The van der Waals surface area contributed by atoms with Crippen molar-refractivity contribution in [1.82, 2.24) is 0 Å². The van der Waals surface area contributed by atoms with Gasteiger partial charge in [0.25, 0.3) is 0 Å². The molecule has 0 unspecified atom stereocenters. The summed E-state index contributed by atoms with van der Waals surface area (Å²) in [6, 6.07) is 17.3. The molecule has 0 spiro atoms. The van der Waals surface area contributed by atoms with Gasteiger partial charge in [-0.3, -0.25) is 0 Å². The predicted octanol–water partition coefficient (Wildman–Crippen LogP) is 4.31. The Morgan fingerprint density at radius 3 is 2.31 bits per heavy atom. The molecule has 0 heterocycles. The van der Waals surface area contributed by atoms with Crippen LogP contribution in [0.15, 0.2) is 76.5 Å². The van der Waals surface area contributed by atoms with Gasteiger partial charge in [0.05, 0.1) is 4.90 Å². The summed E-state index contributed by atoms with van der Waals surface area (Å²) in [6.07, 6.45) is 5.42. The maximum absolute atomic E-state index is 12.6. The average Bonchev–Trinajstić information content (AvgIpc) is 2.62. The fraction of sp³-hybridized carbons (Fsp3) is 0.0476. The molecule has 3 rings (SSSR count). The van der Waals surface area contributed by atoms with Crippen LogP contribution in [-0.4, -0.2) is 13.5 Å². The van der Waals surface area contributed by atoms with Crippen LogP contribution < -0.4 is 4.74 Å². The standard InChI is InChI=1S/C21H16O4S/c1-3-16-12-15(2)13-18(14-16)25-17-8-10-19(11-9-17)26(23,24)21-7-5-4-6-20(21)22/h1,4-14,22H,2H3. The Labute approximate surface area is 152 Å². The first-order valence-electron chi connectivity index (χ1n) is 7.79. The van der Waals surface area contributed by atoms with Gasteiger partial charge in [0.2, 0.25) is 9.84 Å². The molecule has 0 radical (unpaired) electrons. The van der Waals surface area contributed by atoms with E-state index in [4.69, 9.17) is 11.2 Å². The lowest BCUT2D eigenvalue weighted by molar-refractivity contribution is 0.459. The van der Waals surface area contributed by atoms with Crippen molar-refractivity contribution in [3.63, 3.8) is 0 Å². The summed E-state index contributed by atoms with van der Waals surface area (Å²) in [7, 11) is -3.81. The second kappa shape index (κ2) is 6.95. The first-order valence-corrected chi connectivity index (χ1v) is 9.28. The molecular weight excluding hydrogens is 348 g/mol. The number of aromatic hydroxyl groups is 1.